The van der Waals surface area contributed by atoms with Crippen LogP contribution in [-0.4, -0.2) is 32.2 Å². The largest absolute Gasteiger partial charge is 0.573 e. The second-order valence-corrected chi connectivity index (χ2v) is 7.21. The Balaban J connectivity index is 1.87. The van der Waals surface area contributed by atoms with Gasteiger partial charge in [-0.25, -0.2) is 18.1 Å². The summed E-state index contributed by atoms with van der Waals surface area (Å²) >= 11 is 1.22. The maximum Gasteiger partial charge on any atom is 0.573 e. The number of ether oxygens (including phenoxy) is 1. The number of nitrogens with zero attached hydrogens (tertiary/aromatic N) is 1. The molecular weight excluding hydrogens is 383 g/mol. The van der Waals surface area contributed by atoms with E-state index in [4.69, 9.17) is 0 Å². The average Bonchev–Trinajstić information content (AvgIpc) is 2.98. The molecule has 0 saturated heterocycles. The fourth-order valence-corrected chi connectivity index (χ4v) is 3.25. The van der Waals surface area contributed by atoms with Crippen molar-refractivity contribution >= 4 is 32.4 Å². The maximum atomic E-state index is 12.1. The highest BCUT2D eigenvalue weighted by molar-refractivity contribution is 7.89. The van der Waals surface area contributed by atoms with Gasteiger partial charge in [-0.3, -0.25) is 4.79 Å². The first-order valence-corrected chi connectivity index (χ1v) is 9.07. The molecule has 0 atom stereocenters. The van der Waals surface area contributed by atoms with E-state index in [2.05, 4.69) is 19.8 Å². The fourth-order valence-electron chi connectivity index (χ4n) is 1.67. The van der Waals surface area contributed by atoms with E-state index >= 15 is 0 Å². The number of halogens is 3. The van der Waals surface area contributed by atoms with Gasteiger partial charge in [-0.15, -0.1) is 24.5 Å². The zero-order valence-electron chi connectivity index (χ0n) is 12.4. The van der Waals surface area contributed by atoms with E-state index in [1.165, 1.54) is 17.5 Å². The van der Waals surface area contributed by atoms with Crippen LogP contribution in [0, 0.1) is 0 Å². The minimum atomic E-state index is -4.86. The summed E-state index contributed by atoms with van der Waals surface area (Å²) in [7, 11) is -3.96. The van der Waals surface area contributed by atoms with Gasteiger partial charge in [0.05, 0.1) is 4.90 Å². The highest BCUT2D eigenvalue weighted by Gasteiger charge is 2.31. The summed E-state index contributed by atoms with van der Waals surface area (Å²) in [6.07, 6.45) is -3.48. The van der Waals surface area contributed by atoms with Gasteiger partial charge in [0.25, 0.3) is 0 Å². The Morgan fingerprint density at radius 3 is 2.48 bits per heavy atom. The standard InChI is InChI=1S/C13H12F3N3O4S2/c14-13(15,16)23-9-1-3-10(4-2-9)25(21,22)18-6-5-11(20)19-12-17-7-8-24-12/h1-4,7-8,18H,5-6H2,(H,17,19,20). The Bertz CT molecular complexity index is 806. The van der Waals surface area contributed by atoms with Crippen LogP contribution in [0.25, 0.3) is 0 Å². The van der Waals surface area contributed by atoms with Crippen molar-refractivity contribution < 1.29 is 31.1 Å². The number of nitrogens with one attached hydrogen (secondary N) is 2. The highest BCUT2D eigenvalue weighted by Crippen LogP contribution is 2.23. The van der Waals surface area contributed by atoms with Crippen molar-refractivity contribution in [2.75, 3.05) is 11.9 Å². The second kappa shape index (κ2) is 7.80. The molecule has 1 aromatic carbocycles. The number of benzene rings is 1. The quantitative estimate of drug-likeness (QED) is 0.750. The van der Waals surface area contributed by atoms with E-state index in [-0.39, 0.29) is 17.9 Å². The third-order valence-corrected chi connectivity index (χ3v) is 4.86. The molecule has 25 heavy (non-hydrogen) atoms. The number of anilines is 1. The molecule has 0 bridgehead atoms. The van der Waals surface area contributed by atoms with Gasteiger partial charge in [0, 0.05) is 24.5 Å². The Labute approximate surface area is 144 Å². The normalized spacial score (nSPS) is 12.0. The number of amides is 1. The molecule has 0 spiro atoms. The predicted octanol–water partition coefficient (Wildman–Crippen LogP) is 2.35. The summed E-state index contributed by atoms with van der Waals surface area (Å²) in [5, 5.41) is 4.56. The molecule has 2 rings (SSSR count). The van der Waals surface area contributed by atoms with Gasteiger partial charge in [-0.05, 0) is 24.3 Å². The molecule has 1 amide bonds. The van der Waals surface area contributed by atoms with Crippen LogP contribution in [0.15, 0.2) is 40.7 Å². The summed E-state index contributed by atoms with van der Waals surface area (Å²) in [6, 6.07) is 3.71. The molecule has 1 heterocycles. The molecule has 2 aromatic rings. The Morgan fingerprint density at radius 1 is 1.24 bits per heavy atom. The van der Waals surface area contributed by atoms with Crippen molar-refractivity contribution in [2.45, 2.75) is 17.7 Å². The van der Waals surface area contributed by atoms with Gasteiger partial charge < -0.3 is 10.1 Å². The topological polar surface area (TPSA) is 97.4 Å². The molecule has 0 fully saturated rings. The molecule has 0 saturated carbocycles. The van der Waals surface area contributed by atoms with Gasteiger partial charge >= 0.3 is 6.36 Å². The molecule has 12 heteroatoms. The van der Waals surface area contributed by atoms with Crippen LogP contribution < -0.4 is 14.8 Å². The smallest absolute Gasteiger partial charge is 0.406 e. The SMILES string of the molecule is O=C(CCNS(=O)(=O)c1ccc(OC(F)(F)F)cc1)Nc1nccs1. The van der Waals surface area contributed by atoms with Gasteiger partial charge in [0.15, 0.2) is 5.13 Å². The van der Waals surface area contributed by atoms with Crippen molar-refractivity contribution in [2.24, 2.45) is 0 Å². The third-order valence-electron chi connectivity index (χ3n) is 2.69. The number of sulfonamides is 1. The van der Waals surface area contributed by atoms with Crippen LogP contribution >= 0.6 is 11.3 Å². The Kier molecular flexibility index (Phi) is 5.98. The second-order valence-electron chi connectivity index (χ2n) is 4.55. The van der Waals surface area contributed by atoms with E-state index in [0.29, 0.717) is 5.13 Å². The Hall–Kier alpha value is -2.18. The third kappa shape index (κ3) is 6.32. The molecule has 0 aliphatic rings. The summed E-state index contributed by atoms with van der Waals surface area (Å²) in [5.41, 5.74) is 0. The number of rotatable bonds is 7. The van der Waals surface area contributed by atoms with Gasteiger partial charge in [0.2, 0.25) is 15.9 Å². The monoisotopic (exact) mass is 395 g/mol. The maximum absolute atomic E-state index is 12.1. The molecule has 7 nitrogen and oxygen atoms in total. The molecular formula is C13H12F3N3O4S2. The van der Waals surface area contributed by atoms with Crippen molar-refractivity contribution in [1.29, 1.82) is 0 Å². The van der Waals surface area contributed by atoms with Crippen LogP contribution in [0.5, 0.6) is 5.75 Å². The number of carbonyl (C=O) groups excluding carboxylic acids is 1. The van der Waals surface area contributed by atoms with E-state index in [9.17, 15) is 26.4 Å². The number of alkyl halides is 3. The molecule has 1 aromatic heterocycles. The van der Waals surface area contributed by atoms with Crippen LogP contribution in [0.3, 0.4) is 0 Å². The number of thiazole rings is 1. The van der Waals surface area contributed by atoms with E-state index in [0.717, 1.165) is 24.3 Å². The Morgan fingerprint density at radius 2 is 1.92 bits per heavy atom. The lowest BCUT2D eigenvalue weighted by Gasteiger charge is -2.10. The first-order chi connectivity index (χ1) is 11.7. The van der Waals surface area contributed by atoms with Crippen LogP contribution in [0.2, 0.25) is 0 Å². The van der Waals surface area contributed by atoms with E-state index in [1.54, 1.807) is 5.38 Å². The van der Waals surface area contributed by atoms with Crippen molar-refractivity contribution in [3.8, 4) is 5.75 Å². The van der Waals surface area contributed by atoms with E-state index < -0.39 is 28.0 Å². The fraction of sp³-hybridized carbons (Fsp3) is 0.231. The minimum Gasteiger partial charge on any atom is -0.406 e. The van der Waals surface area contributed by atoms with Crippen molar-refractivity contribution in [3.05, 3.63) is 35.8 Å². The van der Waals surface area contributed by atoms with E-state index in [1.807, 2.05) is 0 Å². The lowest BCUT2D eigenvalue weighted by atomic mass is 10.3. The highest BCUT2D eigenvalue weighted by atomic mass is 32.2. The van der Waals surface area contributed by atoms with Crippen LogP contribution in [0.4, 0.5) is 18.3 Å². The van der Waals surface area contributed by atoms with Gasteiger partial charge in [-0.1, -0.05) is 0 Å². The number of carbonyl (C=O) groups is 1. The molecule has 136 valence electrons. The van der Waals surface area contributed by atoms with Gasteiger partial charge in [0.1, 0.15) is 5.75 Å². The average molecular weight is 395 g/mol. The molecule has 0 aliphatic heterocycles. The van der Waals surface area contributed by atoms with Crippen molar-refractivity contribution in [3.63, 3.8) is 0 Å². The zero-order chi connectivity index (χ0) is 18.5. The lowest BCUT2D eigenvalue weighted by Crippen LogP contribution is -2.27. The molecule has 0 radical (unpaired) electrons. The minimum absolute atomic E-state index is 0.131. The number of hydrogen-bond acceptors (Lipinski definition) is 6. The lowest BCUT2D eigenvalue weighted by molar-refractivity contribution is -0.274. The van der Waals surface area contributed by atoms with Gasteiger partial charge in [-0.2, -0.15) is 0 Å². The first kappa shape index (κ1) is 19.1. The molecule has 0 unspecified atom stereocenters. The molecule has 0 aliphatic carbocycles. The number of aromatic nitrogens is 1. The summed E-state index contributed by atoms with van der Waals surface area (Å²) in [6.45, 7) is -0.180. The summed E-state index contributed by atoms with van der Waals surface area (Å²) < 4.78 is 66.0. The predicted molar refractivity (Wildman–Crippen MR) is 83.7 cm³/mol. The van der Waals surface area contributed by atoms with Crippen LogP contribution in [-0.2, 0) is 14.8 Å². The number of hydrogen-bond donors (Lipinski definition) is 2. The summed E-state index contributed by atoms with van der Waals surface area (Å²) in [4.78, 5) is 15.2. The zero-order valence-corrected chi connectivity index (χ0v) is 14.0. The summed E-state index contributed by atoms with van der Waals surface area (Å²) in [5.74, 6) is -0.958. The van der Waals surface area contributed by atoms with Crippen LogP contribution in [0.1, 0.15) is 6.42 Å². The molecule has 2 N–H and O–H groups in total. The first-order valence-electron chi connectivity index (χ1n) is 6.70. The van der Waals surface area contributed by atoms with Crippen molar-refractivity contribution in [1.82, 2.24) is 9.71 Å².